The summed E-state index contributed by atoms with van der Waals surface area (Å²) < 4.78 is 41.3. The summed E-state index contributed by atoms with van der Waals surface area (Å²) in [5.74, 6) is -0.660. The van der Waals surface area contributed by atoms with Crippen LogP contribution in [0.3, 0.4) is 0 Å². The minimum atomic E-state index is -4.71. The second-order valence-corrected chi connectivity index (χ2v) is 1.38. The van der Waals surface area contributed by atoms with Crippen LogP contribution in [0.5, 0.6) is 5.95 Å². The van der Waals surface area contributed by atoms with Gasteiger partial charge in [-0.15, -0.1) is 13.2 Å². The summed E-state index contributed by atoms with van der Waals surface area (Å²) in [7, 11) is 0. The molecule has 0 spiro atoms. The fraction of sp³-hybridized carbons (Fsp3) is 0.250. The largest absolute Gasteiger partial charge is 0.575 e. The molecule has 0 saturated carbocycles. The van der Waals surface area contributed by atoms with Gasteiger partial charge in [-0.2, -0.15) is 0 Å². The molecule has 6 heteroatoms. The van der Waals surface area contributed by atoms with E-state index in [1.165, 1.54) is 0 Å². The van der Waals surface area contributed by atoms with Gasteiger partial charge < -0.3 is 9.26 Å². The average molecular weight is 153 g/mol. The Labute approximate surface area is 53.4 Å². The molecule has 0 aliphatic heterocycles. The summed E-state index contributed by atoms with van der Waals surface area (Å²) in [5.41, 5.74) is 0. The van der Waals surface area contributed by atoms with Crippen molar-refractivity contribution in [2.75, 3.05) is 0 Å². The zero-order valence-corrected chi connectivity index (χ0v) is 4.55. The first-order valence-corrected chi connectivity index (χ1v) is 2.24. The molecule has 0 aliphatic carbocycles. The predicted molar refractivity (Wildman–Crippen MR) is 23.2 cm³/mol. The van der Waals surface area contributed by atoms with Crippen molar-refractivity contribution in [2.24, 2.45) is 0 Å². The molecule has 0 amide bonds. The zero-order valence-electron chi connectivity index (χ0n) is 4.55. The Morgan fingerprint density at radius 3 is 2.60 bits per heavy atom. The molecule has 0 N–H and O–H groups in total. The van der Waals surface area contributed by atoms with Gasteiger partial charge >= 0.3 is 12.3 Å². The van der Waals surface area contributed by atoms with Crippen molar-refractivity contribution in [1.29, 1.82) is 0 Å². The Bertz CT molecular complexity index is 193. The third kappa shape index (κ3) is 1.96. The number of hydrogen-bond donors (Lipinski definition) is 0. The number of hydrogen-bond acceptors (Lipinski definition) is 3. The molecule has 56 valence electrons. The van der Waals surface area contributed by atoms with Gasteiger partial charge in [-0.25, -0.2) is 0 Å². The van der Waals surface area contributed by atoms with Crippen LogP contribution in [0.15, 0.2) is 16.8 Å². The van der Waals surface area contributed by atoms with Crippen LogP contribution in [0.2, 0.25) is 0 Å². The van der Waals surface area contributed by atoms with Crippen molar-refractivity contribution >= 4 is 0 Å². The summed E-state index contributed by atoms with van der Waals surface area (Å²) in [6.07, 6.45) is -3.65. The van der Waals surface area contributed by atoms with Gasteiger partial charge in [0.1, 0.15) is 0 Å². The lowest BCUT2D eigenvalue weighted by Crippen LogP contribution is -2.16. The molecule has 0 aromatic carbocycles. The molecular weight excluding hydrogens is 151 g/mol. The molecule has 0 bridgehead atoms. The summed E-state index contributed by atoms with van der Waals surface area (Å²) in [5, 5.41) is 3.01. The minimum absolute atomic E-state index is 0.660. The highest BCUT2D eigenvalue weighted by Gasteiger charge is 2.32. The number of halogens is 3. The fourth-order valence-corrected chi connectivity index (χ4v) is 0.371. The molecule has 1 rings (SSSR count). The Morgan fingerprint density at radius 1 is 1.50 bits per heavy atom. The van der Waals surface area contributed by atoms with E-state index in [0.717, 1.165) is 12.3 Å². The van der Waals surface area contributed by atoms with Gasteiger partial charge in [0.05, 0.1) is 6.20 Å². The fourth-order valence-electron chi connectivity index (χ4n) is 0.371. The van der Waals surface area contributed by atoms with Crippen LogP contribution in [-0.2, 0) is 0 Å². The van der Waals surface area contributed by atoms with Crippen LogP contribution < -0.4 is 4.74 Å². The lowest BCUT2D eigenvalue weighted by Gasteiger charge is -2.02. The number of alkyl halides is 3. The van der Waals surface area contributed by atoms with Gasteiger partial charge in [0, 0.05) is 6.07 Å². The highest BCUT2D eigenvalue weighted by atomic mass is 19.4. The number of ether oxygens (including phenoxy) is 1. The number of aromatic nitrogens is 1. The van der Waals surface area contributed by atoms with E-state index in [2.05, 4.69) is 14.4 Å². The second-order valence-electron chi connectivity index (χ2n) is 1.38. The van der Waals surface area contributed by atoms with E-state index >= 15 is 0 Å². The second kappa shape index (κ2) is 2.20. The zero-order chi connectivity index (χ0) is 7.61. The lowest BCUT2D eigenvalue weighted by molar-refractivity contribution is -0.281. The standard InChI is InChI=1S/C4H2F3NO2/c5-4(6,7)9-3-1-2-8-10-3/h1-2H. The van der Waals surface area contributed by atoms with E-state index in [1.54, 1.807) is 0 Å². The Balaban J connectivity index is 2.57. The van der Waals surface area contributed by atoms with Gasteiger partial charge in [-0.05, 0) is 0 Å². The lowest BCUT2D eigenvalue weighted by atomic mass is 10.7. The van der Waals surface area contributed by atoms with E-state index in [0.29, 0.717) is 0 Å². The Kier molecular flexibility index (Phi) is 1.52. The topological polar surface area (TPSA) is 35.3 Å². The van der Waals surface area contributed by atoms with Crippen molar-refractivity contribution in [3.8, 4) is 5.95 Å². The van der Waals surface area contributed by atoms with Gasteiger partial charge in [-0.3, -0.25) is 0 Å². The van der Waals surface area contributed by atoms with Crippen LogP contribution in [0.1, 0.15) is 0 Å². The van der Waals surface area contributed by atoms with Gasteiger partial charge in [0.2, 0.25) is 0 Å². The van der Waals surface area contributed by atoms with Crippen LogP contribution in [-0.4, -0.2) is 11.5 Å². The van der Waals surface area contributed by atoms with Crippen molar-refractivity contribution in [1.82, 2.24) is 5.16 Å². The first kappa shape index (κ1) is 6.91. The van der Waals surface area contributed by atoms with E-state index in [9.17, 15) is 13.2 Å². The van der Waals surface area contributed by atoms with Crippen LogP contribution in [0, 0.1) is 0 Å². The smallest absolute Gasteiger partial charge is 0.371 e. The number of nitrogens with zero attached hydrogens (tertiary/aromatic N) is 1. The predicted octanol–water partition coefficient (Wildman–Crippen LogP) is 1.57. The third-order valence-corrected chi connectivity index (χ3v) is 0.630. The third-order valence-electron chi connectivity index (χ3n) is 0.630. The minimum Gasteiger partial charge on any atom is -0.371 e. The molecule has 0 fully saturated rings. The quantitative estimate of drug-likeness (QED) is 0.614. The molecule has 0 saturated heterocycles. The van der Waals surface area contributed by atoms with Crippen LogP contribution in [0.4, 0.5) is 13.2 Å². The van der Waals surface area contributed by atoms with Crippen molar-refractivity contribution < 1.29 is 22.4 Å². The summed E-state index contributed by atoms with van der Waals surface area (Å²) >= 11 is 0. The molecule has 1 aromatic heterocycles. The highest BCUT2D eigenvalue weighted by molar-refractivity contribution is 4.99. The molecule has 0 radical (unpaired) electrons. The molecule has 1 heterocycles. The van der Waals surface area contributed by atoms with Crippen molar-refractivity contribution in [3.63, 3.8) is 0 Å². The van der Waals surface area contributed by atoms with Gasteiger partial charge in [0.25, 0.3) is 0 Å². The normalized spacial score (nSPS) is 11.5. The Morgan fingerprint density at radius 2 is 2.20 bits per heavy atom. The highest BCUT2D eigenvalue weighted by Crippen LogP contribution is 2.21. The van der Waals surface area contributed by atoms with Gasteiger partial charge in [0.15, 0.2) is 0 Å². The van der Waals surface area contributed by atoms with Crippen LogP contribution in [0.25, 0.3) is 0 Å². The summed E-state index contributed by atoms with van der Waals surface area (Å²) in [6, 6.07) is 0.966. The summed E-state index contributed by atoms with van der Waals surface area (Å²) in [6.45, 7) is 0. The maximum absolute atomic E-state index is 11.3. The molecule has 0 atom stereocenters. The SMILES string of the molecule is FC(F)(F)Oc1ccno1. The molecular formula is C4H2F3NO2. The van der Waals surface area contributed by atoms with Crippen molar-refractivity contribution in [2.45, 2.75) is 6.36 Å². The van der Waals surface area contributed by atoms with Crippen molar-refractivity contribution in [3.05, 3.63) is 12.3 Å². The van der Waals surface area contributed by atoms with E-state index in [1.807, 2.05) is 0 Å². The Hall–Kier alpha value is -1.20. The summed E-state index contributed by atoms with van der Waals surface area (Å²) in [4.78, 5) is 0. The van der Waals surface area contributed by atoms with Crippen LogP contribution >= 0.6 is 0 Å². The molecule has 10 heavy (non-hydrogen) atoms. The van der Waals surface area contributed by atoms with E-state index < -0.39 is 12.3 Å². The van der Waals surface area contributed by atoms with Gasteiger partial charge in [-0.1, -0.05) is 5.16 Å². The first-order valence-electron chi connectivity index (χ1n) is 2.24. The molecule has 0 aliphatic rings. The maximum atomic E-state index is 11.3. The molecule has 1 aromatic rings. The van der Waals surface area contributed by atoms with E-state index in [-0.39, 0.29) is 0 Å². The monoisotopic (exact) mass is 153 g/mol. The van der Waals surface area contributed by atoms with E-state index in [4.69, 9.17) is 0 Å². The number of rotatable bonds is 1. The first-order chi connectivity index (χ1) is 4.58. The molecule has 3 nitrogen and oxygen atoms in total. The maximum Gasteiger partial charge on any atom is 0.575 e. The molecule has 0 unspecified atom stereocenters. The average Bonchev–Trinajstić information content (AvgIpc) is 2.12.